The summed E-state index contributed by atoms with van der Waals surface area (Å²) in [4.78, 5) is 13.0. The Labute approximate surface area is 310 Å². The Morgan fingerprint density at radius 1 is 0.704 bits per heavy atom. The van der Waals surface area contributed by atoms with E-state index in [1.54, 1.807) is 0 Å². The molecule has 3 aliphatic rings. The van der Waals surface area contributed by atoms with Gasteiger partial charge in [0.15, 0.2) is 12.6 Å². The van der Waals surface area contributed by atoms with Crippen LogP contribution in [0.4, 0.5) is 0 Å². The van der Waals surface area contributed by atoms with E-state index in [0.29, 0.717) is 12.8 Å². The molecule has 2 saturated heterocycles. The summed E-state index contributed by atoms with van der Waals surface area (Å²) in [5.41, 5.74) is 19.6. The topological polar surface area (TPSA) is 286 Å². The molecule has 0 radical (unpaired) electrons. The second kappa shape index (κ2) is 16.1. The van der Waals surface area contributed by atoms with Crippen LogP contribution in [0.25, 0.3) is 32.3 Å². The molecule has 15 atom stereocenters. The average Bonchev–Trinajstić information content (AvgIpc) is 3.16. The zero-order valence-electron chi connectivity index (χ0n) is 29.5. The number of nitrogens with one attached hydrogen (secondary N) is 1. The lowest BCUT2D eigenvalue weighted by atomic mass is 9.84. The first kappa shape index (κ1) is 39.1. The van der Waals surface area contributed by atoms with Gasteiger partial charge in [0.25, 0.3) is 0 Å². The molecule has 0 aromatic heterocycles. The lowest BCUT2D eigenvalue weighted by molar-refractivity contribution is -0.332. The quantitative estimate of drug-likeness (QED) is 0.0724. The van der Waals surface area contributed by atoms with Gasteiger partial charge in [-0.2, -0.15) is 0 Å². The Morgan fingerprint density at radius 2 is 1.30 bits per heavy atom. The third kappa shape index (κ3) is 7.40. The lowest BCUT2D eigenvalue weighted by Gasteiger charge is -2.48. The maximum absolute atomic E-state index is 13.0. The number of aryl methyl sites for hydroxylation is 1. The first-order chi connectivity index (χ1) is 25.9. The fraction of sp³-hybridized carbons (Fsp3) is 0.553. The van der Waals surface area contributed by atoms with Crippen LogP contribution < -0.4 is 22.5 Å². The number of hydrogen-bond acceptors (Lipinski definition) is 15. The first-order valence-electron chi connectivity index (χ1n) is 18.4. The Hall–Kier alpha value is -3.17. The van der Waals surface area contributed by atoms with E-state index in [4.69, 9.17) is 36.1 Å². The molecule has 2 heterocycles. The van der Waals surface area contributed by atoms with Crippen molar-refractivity contribution >= 4 is 38.2 Å². The third-order valence-corrected chi connectivity index (χ3v) is 11.2. The van der Waals surface area contributed by atoms with Gasteiger partial charge in [-0.3, -0.25) is 4.79 Å². The van der Waals surface area contributed by atoms with Crippen molar-refractivity contribution in [3.8, 4) is 0 Å². The number of rotatable bonds is 11. The van der Waals surface area contributed by atoms with Crippen molar-refractivity contribution in [2.45, 2.75) is 117 Å². The Kier molecular flexibility index (Phi) is 11.7. The van der Waals surface area contributed by atoms with Gasteiger partial charge >= 0.3 is 0 Å². The molecule has 294 valence electrons. The SMILES string of the molecule is NC1CC(N)[C@@H](OC2O[C@H](CO)C(O)[C@@H](N)[C@H]2O)[C@@H](O)C1O[C@H]1OC(CNC(=O)CCCc2ccc3ccc4cccc5ccc2c3c45)[C@@H](O)[C@H](O)C1O. The molecular weight excluding hydrogens is 704 g/mol. The van der Waals surface area contributed by atoms with Crippen LogP contribution in [0.3, 0.4) is 0 Å². The van der Waals surface area contributed by atoms with Gasteiger partial charge in [0, 0.05) is 25.0 Å². The van der Waals surface area contributed by atoms with E-state index >= 15 is 0 Å². The summed E-state index contributed by atoms with van der Waals surface area (Å²) in [6.45, 7) is -0.834. The number of nitrogens with two attached hydrogens (primary N) is 3. The highest BCUT2D eigenvalue weighted by Gasteiger charge is 2.51. The summed E-state index contributed by atoms with van der Waals surface area (Å²) in [5.74, 6) is -0.303. The molecule has 2 aliphatic heterocycles. The first-order valence-corrected chi connectivity index (χ1v) is 18.4. The maximum atomic E-state index is 13.0. The second-order valence-electron chi connectivity index (χ2n) is 14.8. The lowest BCUT2D eigenvalue weighted by Crippen LogP contribution is -2.68. The monoisotopic (exact) mass is 754 g/mol. The average molecular weight is 755 g/mol. The number of aliphatic hydroxyl groups is 7. The van der Waals surface area contributed by atoms with Gasteiger partial charge in [-0.15, -0.1) is 0 Å². The van der Waals surface area contributed by atoms with Gasteiger partial charge in [0.05, 0.1) is 12.6 Å². The van der Waals surface area contributed by atoms with Crippen LogP contribution in [-0.4, -0.2) is 147 Å². The number of hydrogen-bond donors (Lipinski definition) is 11. The molecule has 4 aromatic rings. The van der Waals surface area contributed by atoms with Crippen LogP contribution in [0.2, 0.25) is 0 Å². The Morgan fingerprint density at radius 3 is 1.96 bits per heavy atom. The fourth-order valence-electron chi connectivity index (χ4n) is 8.13. The fourth-order valence-corrected chi connectivity index (χ4v) is 8.13. The predicted octanol–water partition coefficient (Wildman–Crippen LogP) is -2.21. The van der Waals surface area contributed by atoms with E-state index < -0.39 is 98.4 Å². The van der Waals surface area contributed by atoms with Gasteiger partial charge < -0.3 is 77.2 Å². The third-order valence-electron chi connectivity index (χ3n) is 11.2. The number of amides is 1. The normalized spacial score (nSPS) is 37.6. The molecule has 54 heavy (non-hydrogen) atoms. The van der Waals surface area contributed by atoms with E-state index in [1.165, 1.54) is 21.5 Å². The van der Waals surface area contributed by atoms with E-state index in [1.807, 2.05) is 6.07 Å². The molecule has 3 fully saturated rings. The zero-order valence-corrected chi connectivity index (χ0v) is 29.5. The van der Waals surface area contributed by atoms with Crippen molar-refractivity contribution in [2.75, 3.05) is 13.2 Å². The van der Waals surface area contributed by atoms with Crippen LogP contribution in [0.15, 0.2) is 54.6 Å². The highest BCUT2D eigenvalue weighted by Crippen LogP contribution is 2.36. The molecule has 0 spiro atoms. The summed E-state index contributed by atoms with van der Waals surface area (Å²) in [6.07, 6.45) is -16.2. The summed E-state index contributed by atoms with van der Waals surface area (Å²) in [5, 5.41) is 83.7. The molecule has 16 heteroatoms. The maximum Gasteiger partial charge on any atom is 0.220 e. The zero-order chi connectivity index (χ0) is 38.4. The van der Waals surface area contributed by atoms with E-state index in [2.05, 4.69) is 53.8 Å². The minimum absolute atomic E-state index is 0.0371. The highest BCUT2D eigenvalue weighted by molar-refractivity contribution is 6.23. The van der Waals surface area contributed by atoms with Crippen molar-refractivity contribution in [3.63, 3.8) is 0 Å². The van der Waals surface area contributed by atoms with Gasteiger partial charge in [-0.25, -0.2) is 0 Å². The van der Waals surface area contributed by atoms with Crippen LogP contribution in [0.5, 0.6) is 0 Å². The summed E-state index contributed by atoms with van der Waals surface area (Å²) < 4.78 is 23.0. The molecule has 1 aliphatic carbocycles. The minimum atomic E-state index is -1.76. The van der Waals surface area contributed by atoms with Crippen LogP contribution in [-0.2, 0) is 30.2 Å². The number of carbonyl (C=O) groups excluding carboxylic acids is 1. The standard InChI is InChI=1S/C38H50N4O12/c39-21-13-22(40)36(34(50)35(21)53-37-31(47)28(41)29(45)24(15-43)52-37)54-38-33(49)32(48)30(46)23(51-38)14-42-25(44)6-2-3-16-7-8-19-10-9-17-4-1-5-18-11-12-20(16)27(19)26(17)18/h1,4-5,7-12,21-24,28-38,43,45-50H,2-3,6,13-15,39-41H2,(H,42,44)/t21?,22?,23?,24-,28-,29?,30-,31-,32+,33?,34-,35-,36?,37?,38-/m1/s1. The second-order valence-corrected chi connectivity index (χ2v) is 14.8. The molecule has 4 aromatic carbocycles. The molecule has 14 N–H and O–H groups in total. The van der Waals surface area contributed by atoms with Crippen molar-refractivity contribution in [1.82, 2.24) is 5.32 Å². The highest BCUT2D eigenvalue weighted by atomic mass is 16.7. The molecule has 1 amide bonds. The Balaban J connectivity index is 0.950. The molecule has 7 rings (SSSR count). The molecule has 7 unspecified atom stereocenters. The van der Waals surface area contributed by atoms with Crippen LogP contribution in [0.1, 0.15) is 24.8 Å². The van der Waals surface area contributed by atoms with Crippen molar-refractivity contribution in [3.05, 3.63) is 60.2 Å². The van der Waals surface area contributed by atoms with E-state index in [9.17, 15) is 40.5 Å². The number of ether oxygens (including phenoxy) is 4. The number of benzene rings is 4. The molecule has 0 bridgehead atoms. The number of aliphatic hydroxyl groups excluding tert-OH is 7. The predicted molar refractivity (Wildman–Crippen MR) is 195 cm³/mol. The van der Waals surface area contributed by atoms with E-state index in [-0.39, 0.29) is 25.3 Å². The molecule has 16 nitrogen and oxygen atoms in total. The summed E-state index contributed by atoms with van der Waals surface area (Å²) in [7, 11) is 0. The van der Waals surface area contributed by atoms with Crippen molar-refractivity contribution in [2.24, 2.45) is 17.2 Å². The number of carbonyl (C=O) groups is 1. The summed E-state index contributed by atoms with van der Waals surface area (Å²) in [6, 6.07) is 15.9. The van der Waals surface area contributed by atoms with Gasteiger partial charge in [-0.05, 0) is 57.1 Å². The summed E-state index contributed by atoms with van der Waals surface area (Å²) >= 11 is 0. The largest absolute Gasteiger partial charge is 0.394 e. The van der Waals surface area contributed by atoms with Gasteiger partial charge in [0.2, 0.25) is 5.91 Å². The van der Waals surface area contributed by atoms with Crippen molar-refractivity contribution in [1.29, 1.82) is 0 Å². The Bertz CT molecular complexity index is 1890. The smallest absolute Gasteiger partial charge is 0.220 e. The van der Waals surface area contributed by atoms with Gasteiger partial charge in [-0.1, -0.05) is 54.6 Å². The van der Waals surface area contributed by atoms with E-state index in [0.717, 1.165) is 16.3 Å². The minimum Gasteiger partial charge on any atom is -0.394 e. The molecular formula is C38H50N4O12. The van der Waals surface area contributed by atoms with Crippen LogP contribution >= 0.6 is 0 Å². The van der Waals surface area contributed by atoms with Crippen molar-refractivity contribution < 1.29 is 59.5 Å². The van der Waals surface area contributed by atoms with Gasteiger partial charge in [0.1, 0.15) is 61.0 Å². The van der Waals surface area contributed by atoms with Crippen LogP contribution in [0, 0.1) is 0 Å². The molecule has 1 saturated carbocycles.